The molecule has 1 aromatic heterocycles. The van der Waals surface area contributed by atoms with E-state index in [1.54, 1.807) is 18.4 Å². The lowest BCUT2D eigenvalue weighted by Gasteiger charge is -2.44. The standard InChI is InChI=1S/C24H34N4O2S/c1-16(2)22(29)26-20-18-8-6-7-9-19(18)24(21(20)30-5)10-12-28(13-11-24)15-17-14-25-23(31-17)27(3)4/h6-9,14,16,20-21H,10-13,15H2,1-5H3,(H,26,29)/t20-,21+/m1/s1. The zero-order valence-corrected chi connectivity index (χ0v) is 20.0. The normalized spacial score (nSPS) is 22.6. The van der Waals surface area contributed by atoms with E-state index in [4.69, 9.17) is 4.74 Å². The molecule has 2 aliphatic rings. The first-order valence-corrected chi connectivity index (χ1v) is 11.9. The fourth-order valence-electron chi connectivity index (χ4n) is 5.15. The molecule has 1 amide bonds. The van der Waals surface area contributed by atoms with Gasteiger partial charge in [0.2, 0.25) is 5.91 Å². The van der Waals surface area contributed by atoms with Gasteiger partial charge in [0.1, 0.15) is 0 Å². The molecule has 0 radical (unpaired) electrons. The largest absolute Gasteiger partial charge is 0.378 e. The molecule has 2 atom stereocenters. The van der Waals surface area contributed by atoms with Crippen LogP contribution in [0.5, 0.6) is 0 Å². The zero-order valence-electron chi connectivity index (χ0n) is 19.2. The van der Waals surface area contributed by atoms with Gasteiger partial charge in [0.25, 0.3) is 0 Å². The number of hydrogen-bond donors (Lipinski definition) is 1. The number of ether oxygens (including phenoxy) is 1. The van der Waals surface area contributed by atoms with Crippen molar-refractivity contribution in [2.45, 2.75) is 50.8 Å². The van der Waals surface area contributed by atoms with Crippen LogP contribution >= 0.6 is 11.3 Å². The van der Waals surface area contributed by atoms with E-state index < -0.39 is 0 Å². The van der Waals surface area contributed by atoms with Crippen molar-refractivity contribution in [3.63, 3.8) is 0 Å². The first-order chi connectivity index (χ1) is 14.9. The van der Waals surface area contributed by atoms with Gasteiger partial charge in [-0.15, -0.1) is 11.3 Å². The third kappa shape index (κ3) is 4.11. The lowest BCUT2D eigenvalue weighted by atomic mass is 9.72. The highest BCUT2D eigenvalue weighted by atomic mass is 32.1. The van der Waals surface area contributed by atoms with E-state index in [0.717, 1.165) is 37.6 Å². The quantitative estimate of drug-likeness (QED) is 0.741. The maximum atomic E-state index is 12.6. The van der Waals surface area contributed by atoms with Crippen molar-refractivity contribution in [2.75, 3.05) is 39.2 Å². The van der Waals surface area contributed by atoms with E-state index >= 15 is 0 Å². The van der Waals surface area contributed by atoms with Gasteiger partial charge in [0.05, 0.1) is 12.1 Å². The van der Waals surface area contributed by atoms with Crippen LogP contribution in [0.3, 0.4) is 0 Å². The summed E-state index contributed by atoms with van der Waals surface area (Å²) in [5, 5.41) is 4.33. The number of rotatable bonds is 6. The average Bonchev–Trinajstić information content (AvgIpc) is 3.32. The van der Waals surface area contributed by atoms with Crippen molar-refractivity contribution >= 4 is 22.4 Å². The molecule has 1 fully saturated rings. The summed E-state index contributed by atoms with van der Waals surface area (Å²) in [7, 11) is 5.85. The minimum atomic E-state index is -0.0909. The SMILES string of the molecule is CO[C@H]1[C@H](NC(=O)C(C)C)c2ccccc2C12CCN(Cc1cnc(N(C)C)s1)CC2. The summed E-state index contributed by atoms with van der Waals surface area (Å²) in [6.07, 6.45) is 4.01. The molecule has 1 aliphatic carbocycles. The molecule has 168 valence electrons. The lowest BCUT2D eigenvalue weighted by molar-refractivity contribution is -0.126. The lowest BCUT2D eigenvalue weighted by Crippen LogP contribution is -2.50. The number of piperidine rings is 1. The third-order valence-electron chi connectivity index (χ3n) is 6.81. The first kappa shape index (κ1) is 22.2. The van der Waals surface area contributed by atoms with Crippen LogP contribution < -0.4 is 10.2 Å². The highest BCUT2D eigenvalue weighted by Gasteiger charge is 2.54. The molecule has 0 bridgehead atoms. The number of hydrogen-bond acceptors (Lipinski definition) is 6. The number of carbonyl (C=O) groups is 1. The monoisotopic (exact) mass is 442 g/mol. The highest BCUT2D eigenvalue weighted by molar-refractivity contribution is 7.15. The Labute approximate surface area is 189 Å². The summed E-state index contributed by atoms with van der Waals surface area (Å²) < 4.78 is 6.12. The van der Waals surface area contributed by atoms with Gasteiger partial charge in [-0.1, -0.05) is 38.1 Å². The molecule has 1 N–H and O–H groups in total. The Hall–Kier alpha value is -1.96. The van der Waals surface area contributed by atoms with Crippen LogP contribution in [0.2, 0.25) is 0 Å². The molecular formula is C24H34N4O2S. The van der Waals surface area contributed by atoms with Gasteiger partial charge in [0.15, 0.2) is 5.13 Å². The molecule has 0 saturated carbocycles. The van der Waals surface area contributed by atoms with Crippen molar-refractivity contribution in [3.05, 3.63) is 46.5 Å². The zero-order chi connectivity index (χ0) is 22.2. The van der Waals surface area contributed by atoms with Crippen molar-refractivity contribution in [1.82, 2.24) is 15.2 Å². The molecule has 1 aromatic carbocycles. The van der Waals surface area contributed by atoms with Crippen molar-refractivity contribution in [1.29, 1.82) is 0 Å². The van der Waals surface area contributed by atoms with Crippen LogP contribution in [0.25, 0.3) is 0 Å². The number of carbonyl (C=O) groups excluding carboxylic acids is 1. The number of fused-ring (bicyclic) bond motifs is 2. The first-order valence-electron chi connectivity index (χ1n) is 11.1. The number of benzene rings is 1. The minimum absolute atomic E-state index is 0.0431. The van der Waals surface area contributed by atoms with E-state index in [-0.39, 0.29) is 29.4 Å². The number of thiazole rings is 1. The van der Waals surface area contributed by atoms with E-state index in [0.29, 0.717) is 0 Å². The van der Waals surface area contributed by atoms with Gasteiger partial charge >= 0.3 is 0 Å². The van der Waals surface area contributed by atoms with Gasteiger partial charge in [-0.25, -0.2) is 4.98 Å². The summed E-state index contributed by atoms with van der Waals surface area (Å²) in [5.74, 6) is 0.0350. The van der Waals surface area contributed by atoms with E-state index in [9.17, 15) is 4.79 Å². The number of likely N-dealkylation sites (tertiary alicyclic amines) is 1. The Bertz CT molecular complexity index is 918. The van der Waals surface area contributed by atoms with Gasteiger partial charge < -0.3 is 15.0 Å². The molecule has 4 rings (SSSR count). The van der Waals surface area contributed by atoms with Crippen LogP contribution in [0.15, 0.2) is 30.5 Å². The fraction of sp³-hybridized carbons (Fsp3) is 0.583. The van der Waals surface area contributed by atoms with Crippen molar-refractivity contribution < 1.29 is 9.53 Å². The smallest absolute Gasteiger partial charge is 0.223 e. The Balaban J connectivity index is 1.53. The molecule has 1 saturated heterocycles. The number of anilines is 1. The van der Waals surface area contributed by atoms with Crippen LogP contribution in [0.1, 0.15) is 48.7 Å². The van der Waals surface area contributed by atoms with Gasteiger partial charge in [-0.05, 0) is 37.1 Å². The summed E-state index contributed by atoms with van der Waals surface area (Å²) in [5.41, 5.74) is 2.51. The second kappa shape index (κ2) is 8.88. The molecule has 31 heavy (non-hydrogen) atoms. The Morgan fingerprint density at radius 3 is 2.65 bits per heavy atom. The predicted molar refractivity (Wildman–Crippen MR) is 126 cm³/mol. The van der Waals surface area contributed by atoms with Crippen LogP contribution in [0.4, 0.5) is 5.13 Å². The van der Waals surface area contributed by atoms with Gasteiger partial charge in [-0.3, -0.25) is 9.69 Å². The number of nitrogens with one attached hydrogen (secondary N) is 1. The molecule has 2 aromatic rings. The number of methoxy groups -OCH3 is 1. The van der Waals surface area contributed by atoms with Crippen LogP contribution in [0, 0.1) is 5.92 Å². The number of nitrogens with zero attached hydrogens (tertiary/aromatic N) is 3. The van der Waals surface area contributed by atoms with E-state index in [1.807, 2.05) is 34.1 Å². The summed E-state index contributed by atoms with van der Waals surface area (Å²) >= 11 is 1.76. The Morgan fingerprint density at radius 1 is 1.32 bits per heavy atom. The summed E-state index contributed by atoms with van der Waals surface area (Å²) in [6.45, 7) is 6.83. The maximum Gasteiger partial charge on any atom is 0.223 e. The maximum absolute atomic E-state index is 12.6. The second-order valence-corrected chi connectivity index (χ2v) is 10.4. The van der Waals surface area contributed by atoms with Crippen molar-refractivity contribution in [2.24, 2.45) is 5.92 Å². The van der Waals surface area contributed by atoms with Gasteiger partial charge in [-0.2, -0.15) is 0 Å². The molecule has 0 unspecified atom stereocenters. The third-order valence-corrected chi connectivity index (χ3v) is 7.96. The number of aromatic nitrogens is 1. The fourth-order valence-corrected chi connectivity index (χ4v) is 6.03. The summed E-state index contributed by atoms with van der Waals surface area (Å²) in [6, 6.07) is 8.50. The average molecular weight is 443 g/mol. The van der Waals surface area contributed by atoms with Crippen molar-refractivity contribution in [3.8, 4) is 0 Å². The second-order valence-electron chi connectivity index (χ2n) is 9.32. The van der Waals surface area contributed by atoms with Gasteiger partial charge in [0, 0.05) is 50.2 Å². The molecule has 1 aliphatic heterocycles. The van der Waals surface area contributed by atoms with Crippen LogP contribution in [-0.2, 0) is 21.5 Å². The topological polar surface area (TPSA) is 57.7 Å². The summed E-state index contributed by atoms with van der Waals surface area (Å²) in [4.78, 5) is 23.0. The molecule has 2 heterocycles. The van der Waals surface area contributed by atoms with E-state index in [2.05, 4.69) is 44.4 Å². The molecule has 7 heteroatoms. The number of amides is 1. The predicted octanol–water partition coefficient (Wildman–Crippen LogP) is 3.58. The minimum Gasteiger partial charge on any atom is -0.378 e. The molecule has 1 spiro atoms. The highest BCUT2D eigenvalue weighted by Crippen LogP contribution is 2.52. The molecular weight excluding hydrogens is 408 g/mol. The molecule has 6 nitrogen and oxygen atoms in total. The van der Waals surface area contributed by atoms with Crippen LogP contribution in [-0.4, -0.2) is 56.2 Å². The van der Waals surface area contributed by atoms with E-state index in [1.165, 1.54) is 16.0 Å². The Kier molecular flexibility index (Phi) is 6.37. The Morgan fingerprint density at radius 2 is 2.03 bits per heavy atom.